The Morgan fingerprint density at radius 2 is 2.04 bits per heavy atom. The first-order chi connectivity index (χ1) is 13.0. The highest BCUT2D eigenvalue weighted by atomic mass is 32.1. The molecule has 5 nitrogen and oxygen atoms in total. The summed E-state index contributed by atoms with van der Waals surface area (Å²) in [6, 6.07) is 12.5. The van der Waals surface area contributed by atoms with Crippen LogP contribution in [0.5, 0.6) is 0 Å². The second-order valence-electron chi connectivity index (χ2n) is 5.86. The minimum Gasteiger partial charge on any atom is -0.462 e. The summed E-state index contributed by atoms with van der Waals surface area (Å²) in [6.45, 7) is 4.27. The standard InChI is InChI=1S/C21H18N2O3S/c1-4-11-23-17-10-9-16(20(25)26-5-2)13-18(17)27-21(23)22-19(24)15-8-6-7-14(3)12-15/h1,6-10,12-13H,5,11H2,2-3H3. The van der Waals surface area contributed by atoms with Crippen LogP contribution in [0.1, 0.15) is 33.2 Å². The normalized spacial score (nSPS) is 11.4. The fourth-order valence-electron chi connectivity index (χ4n) is 2.67. The minimum absolute atomic E-state index is 0.276. The highest BCUT2D eigenvalue weighted by Crippen LogP contribution is 2.20. The smallest absolute Gasteiger partial charge is 0.338 e. The van der Waals surface area contributed by atoms with Gasteiger partial charge in [0.2, 0.25) is 0 Å². The van der Waals surface area contributed by atoms with Crippen molar-refractivity contribution >= 4 is 33.4 Å². The lowest BCUT2D eigenvalue weighted by Gasteiger charge is -2.03. The second kappa shape index (κ2) is 8.02. The number of nitrogens with zero attached hydrogens (tertiary/aromatic N) is 2. The molecule has 0 fully saturated rings. The Kier molecular flexibility index (Phi) is 5.53. The van der Waals surface area contributed by atoms with Crippen molar-refractivity contribution in [3.05, 3.63) is 64.0 Å². The number of carbonyl (C=O) groups is 2. The average Bonchev–Trinajstić information content (AvgIpc) is 2.98. The number of ether oxygens (including phenoxy) is 1. The van der Waals surface area contributed by atoms with Gasteiger partial charge < -0.3 is 9.30 Å². The topological polar surface area (TPSA) is 60.7 Å². The van der Waals surface area contributed by atoms with E-state index in [1.807, 2.05) is 19.1 Å². The molecule has 0 aliphatic heterocycles. The van der Waals surface area contributed by atoms with Gasteiger partial charge in [0.15, 0.2) is 4.80 Å². The molecular weight excluding hydrogens is 360 g/mol. The molecule has 0 bridgehead atoms. The number of aryl methyl sites for hydroxylation is 1. The van der Waals surface area contributed by atoms with E-state index >= 15 is 0 Å². The number of terminal acetylenes is 1. The van der Waals surface area contributed by atoms with E-state index in [9.17, 15) is 9.59 Å². The first kappa shape index (κ1) is 18.6. The molecule has 0 aliphatic rings. The fourth-order valence-corrected chi connectivity index (χ4v) is 3.74. The Labute approximate surface area is 160 Å². The van der Waals surface area contributed by atoms with E-state index in [2.05, 4.69) is 10.9 Å². The monoisotopic (exact) mass is 378 g/mol. The van der Waals surface area contributed by atoms with Crippen LogP contribution in [0.3, 0.4) is 0 Å². The third-order valence-electron chi connectivity index (χ3n) is 3.91. The van der Waals surface area contributed by atoms with Crippen LogP contribution in [-0.4, -0.2) is 23.1 Å². The molecule has 3 aromatic rings. The highest BCUT2D eigenvalue weighted by Gasteiger charge is 2.12. The lowest BCUT2D eigenvalue weighted by Crippen LogP contribution is -2.16. The number of fused-ring (bicyclic) bond motifs is 1. The summed E-state index contributed by atoms with van der Waals surface area (Å²) < 4.78 is 7.65. The lowest BCUT2D eigenvalue weighted by atomic mass is 10.1. The summed E-state index contributed by atoms with van der Waals surface area (Å²) in [4.78, 5) is 29.3. The van der Waals surface area contributed by atoms with Crippen LogP contribution in [0.25, 0.3) is 10.2 Å². The maximum absolute atomic E-state index is 12.6. The molecular formula is C21H18N2O3S. The Balaban J connectivity index is 2.11. The number of aromatic nitrogens is 1. The van der Waals surface area contributed by atoms with Gasteiger partial charge in [-0.05, 0) is 44.2 Å². The van der Waals surface area contributed by atoms with Gasteiger partial charge >= 0.3 is 5.97 Å². The fraction of sp³-hybridized carbons (Fsp3) is 0.190. The summed E-state index contributed by atoms with van der Waals surface area (Å²) >= 11 is 1.31. The molecule has 0 N–H and O–H groups in total. The SMILES string of the molecule is C#CCn1c(=NC(=O)c2cccc(C)c2)sc2cc(C(=O)OCC)ccc21. The van der Waals surface area contributed by atoms with Gasteiger partial charge in [-0.25, -0.2) is 4.79 Å². The van der Waals surface area contributed by atoms with Crippen LogP contribution >= 0.6 is 11.3 Å². The zero-order valence-electron chi connectivity index (χ0n) is 15.1. The van der Waals surface area contributed by atoms with Gasteiger partial charge in [-0.15, -0.1) is 6.42 Å². The molecule has 3 rings (SSSR count). The number of carbonyl (C=O) groups excluding carboxylic acids is 2. The molecule has 0 spiro atoms. The first-order valence-electron chi connectivity index (χ1n) is 8.43. The number of benzene rings is 2. The van der Waals surface area contributed by atoms with Crippen molar-refractivity contribution in [3.8, 4) is 12.3 Å². The van der Waals surface area contributed by atoms with Gasteiger partial charge in [0, 0.05) is 5.56 Å². The van der Waals surface area contributed by atoms with E-state index in [0.717, 1.165) is 15.8 Å². The predicted molar refractivity (Wildman–Crippen MR) is 106 cm³/mol. The molecule has 0 aliphatic carbocycles. The van der Waals surface area contributed by atoms with Crippen molar-refractivity contribution in [1.82, 2.24) is 4.57 Å². The summed E-state index contributed by atoms with van der Waals surface area (Å²) in [6.07, 6.45) is 5.49. The number of rotatable bonds is 4. The Morgan fingerprint density at radius 3 is 2.74 bits per heavy atom. The van der Waals surface area contributed by atoms with E-state index in [1.165, 1.54) is 11.3 Å². The average molecular weight is 378 g/mol. The number of esters is 1. The van der Waals surface area contributed by atoms with Crippen LogP contribution in [0.15, 0.2) is 47.5 Å². The number of thiazole rings is 1. The van der Waals surface area contributed by atoms with Crippen LogP contribution < -0.4 is 4.80 Å². The summed E-state index contributed by atoms with van der Waals surface area (Å²) in [7, 11) is 0. The molecule has 27 heavy (non-hydrogen) atoms. The van der Waals surface area contributed by atoms with Gasteiger partial charge in [-0.2, -0.15) is 4.99 Å². The van der Waals surface area contributed by atoms with Crippen molar-refractivity contribution in [2.45, 2.75) is 20.4 Å². The molecule has 0 radical (unpaired) electrons. The zero-order valence-corrected chi connectivity index (χ0v) is 15.9. The van der Waals surface area contributed by atoms with E-state index < -0.39 is 0 Å². The summed E-state index contributed by atoms with van der Waals surface area (Å²) in [5.74, 6) is 1.87. The molecule has 0 atom stereocenters. The Hall–Kier alpha value is -3.17. The molecule has 1 heterocycles. The van der Waals surface area contributed by atoms with E-state index in [-0.39, 0.29) is 18.4 Å². The van der Waals surface area contributed by atoms with Crippen molar-refractivity contribution in [3.63, 3.8) is 0 Å². The van der Waals surface area contributed by atoms with Crippen molar-refractivity contribution < 1.29 is 14.3 Å². The van der Waals surface area contributed by atoms with Crippen LogP contribution in [0.2, 0.25) is 0 Å². The van der Waals surface area contributed by atoms with Crippen LogP contribution in [-0.2, 0) is 11.3 Å². The lowest BCUT2D eigenvalue weighted by molar-refractivity contribution is 0.0526. The van der Waals surface area contributed by atoms with Gasteiger partial charge in [-0.3, -0.25) is 4.79 Å². The minimum atomic E-state index is -0.384. The van der Waals surface area contributed by atoms with Crippen LogP contribution in [0.4, 0.5) is 0 Å². The van der Waals surface area contributed by atoms with Gasteiger partial charge in [-0.1, -0.05) is 35.0 Å². The number of hydrogen-bond acceptors (Lipinski definition) is 4. The predicted octanol–water partition coefficient (Wildman–Crippen LogP) is 3.56. The summed E-state index contributed by atoms with van der Waals surface area (Å²) in [5.41, 5.74) is 2.78. The first-order valence-corrected chi connectivity index (χ1v) is 9.25. The maximum atomic E-state index is 12.6. The largest absolute Gasteiger partial charge is 0.462 e. The van der Waals surface area contributed by atoms with Gasteiger partial charge in [0.1, 0.15) is 0 Å². The number of hydrogen-bond donors (Lipinski definition) is 0. The third kappa shape index (κ3) is 3.99. The third-order valence-corrected chi connectivity index (χ3v) is 4.95. The Morgan fingerprint density at radius 1 is 1.22 bits per heavy atom. The van der Waals surface area contributed by atoms with Crippen molar-refractivity contribution in [2.75, 3.05) is 6.61 Å². The molecule has 1 amide bonds. The van der Waals surface area contributed by atoms with E-state index in [4.69, 9.17) is 11.2 Å². The second-order valence-corrected chi connectivity index (χ2v) is 6.87. The van der Waals surface area contributed by atoms with E-state index in [0.29, 0.717) is 22.5 Å². The molecule has 0 saturated heterocycles. The number of amides is 1. The molecule has 1 aromatic heterocycles. The van der Waals surface area contributed by atoms with Gasteiger partial charge in [0.05, 0.1) is 28.9 Å². The van der Waals surface area contributed by atoms with Crippen molar-refractivity contribution in [2.24, 2.45) is 4.99 Å². The molecule has 6 heteroatoms. The molecule has 0 unspecified atom stereocenters. The summed E-state index contributed by atoms with van der Waals surface area (Å²) in [5, 5.41) is 0. The molecule has 0 saturated carbocycles. The van der Waals surface area contributed by atoms with Gasteiger partial charge in [0.25, 0.3) is 5.91 Å². The molecule has 136 valence electrons. The Bertz CT molecular complexity index is 1130. The highest BCUT2D eigenvalue weighted by molar-refractivity contribution is 7.16. The van der Waals surface area contributed by atoms with E-state index in [1.54, 1.807) is 41.8 Å². The quantitative estimate of drug-likeness (QED) is 0.515. The zero-order chi connectivity index (χ0) is 19.4. The van der Waals surface area contributed by atoms with Crippen LogP contribution in [0, 0.1) is 19.3 Å². The molecule has 2 aromatic carbocycles. The van der Waals surface area contributed by atoms with Crippen molar-refractivity contribution in [1.29, 1.82) is 0 Å². The maximum Gasteiger partial charge on any atom is 0.338 e.